The predicted octanol–water partition coefficient (Wildman–Crippen LogP) is 5.02. The van der Waals surface area contributed by atoms with E-state index in [4.69, 9.17) is 4.98 Å². The molecule has 4 nitrogen and oxygen atoms in total. The Kier molecular flexibility index (Phi) is 4.53. The van der Waals surface area contributed by atoms with Crippen LogP contribution in [0.4, 0.5) is 4.79 Å². The summed E-state index contributed by atoms with van der Waals surface area (Å²) >= 11 is 2.46. The smallest absolute Gasteiger partial charge is 0.282 e. The third kappa shape index (κ3) is 3.52. The van der Waals surface area contributed by atoms with Gasteiger partial charge in [0.25, 0.3) is 11.1 Å². The standard InChI is InChI=1S/C20H14N2O2S2/c1-12-6-8-15(9-7-12)25-19-14(11-17-18(23)22-20(24)26-17)10-13-4-2-3-5-16(13)21-19/h2-11H,1H3,(H,22,23,24)/b17-11+. The van der Waals surface area contributed by atoms with Crippen molar-refractivity contribution in [2.75, 3.05) is 0 Å². The van der Waals surface area contributed by atoms with Crippen LogP contribution >= 0.6 is 23.5 Å². The Morgan fingerprint density at radius 3 is 2.58 bits per heavy atom. The van der Waals surface area contributed by atoms with Gasteiger partial charge in [-0.05, 0) is 49.0 Å². The van der Waals surface area contributed by atoms with Crippen molar-refractivity contribution in [2.45, 2.75) is 16.8 Å². The van der Waals surface area contributed by atoms with Crippen LogP contribution in [0.3, 0.4) is 0 Å². The second-order valence-corrected chi connectivity index (χ2v) is 7.92. The van der Waals surface area contributed by atoms with Gasteiger partial charge in [-0.1, -0.05) is 47.7 Å². The number of pyridine rings is 1. The largest absolute Gasteiger partial charge is 0.290 e. The molecule has 1 aliphatic rings. The van der Waals surface area contributed by atoms with Crippen molar-refractivity contribution in [2.24, 2.45) is 0 Å². The van der Waals surface area contributed by atoms with Gasteiger partial charge in [-0.2, -0.15) is 0 Å². The molecule has 0 saturated carbocycles. The van der Waals surface area contributed by atoms with Crippen LogP contribution in [-0.4, -0.2) is 16.1 Å². The molecule has 3 aromatic rings. The monoisotopic (exact) mass is 378 g/mol. The molecule has 2 heterocycles. The lowest BCUT2D eigenvalue weighted by molar-refractivity contribution is -0.115. The minimum absolute atomic E-state index is 0.345. The Bertz CT molecular complexity index is 1060. The maximum atomic E-state index is 11.9. The molecule has 1 N–H and O–H groups in total. The highest BCUT2D eigenvalue weighted by Crippen LogP contribution is 2.34. The Balaban J connectivity index is 1.81. The van der Waals surface area contributed by atoms with Crippen LogP contribution in [0.15, 0.2) is 69.4 Å². The third-order valence-electron chi connectivity index (χ3n) is 3.88. The van der Waals surface area contributed by atoms with Crippen LogP contribution in [-0.2, 0) is 4.79 Å². The van der Waals surface area contributed by atoms with Gasteiger partial charge < -0.3 is 0 Å². The average Bonchev–Trinajstić information content (AvgIpc) is 2.94. The lowest BCUT2D eigenvalue weighted by Crippen LogP contribution is -2.17. The molecule has 1 aromatic heterocycles. The van der Waals surface area contributed by atoms with Gasteiger partial charge >= 0.3 is 0 Å². The van der Waals surface area contributed by atoms with Gasteiger partial charge in [0.05, 0.1) is 10.4 Å². The fourth-order valence-electron chi connectivity index (χ4n) is 2.58. The molecule has 26 heavy (non-hydrogen) atoms. The van der Waals surface area contributed by atoms with E-state index in [0.29, 0.717) is 4.91 Å². The van der Waals surface area contributed by atoms with E-state index in [-0.39, 0.29) is 11.1 Å². The molecule has 1 fully saturated rings. The fourth-order valence-corrected chi connectivity index (χ4v) is 4.13. The first-order valence-corrected chi connectivity index (χ1v) is 9.61. The summed E-state index contributed by atoms with van der Waals surface area (Å²) in [6.45, 7) is 2.05. The molecular formula is C20H14N2O2S2. The number of amides is 2. The van der Waals surface area contributed by atoms with Gasteiger partial charge in [0.15, 0.2) is 0 Å². The minimum atomic E-state index is -0.362. The van der Waals surface area contributed by atoms with Gasteiger partial charge in [-0.3, -0.25) is 14.9 Å². The van der Waals surface area contributed by atoms with Gasteiger partial charge in [-0.25, -0.2) is 4.98 Å². The van der Waals surface area contributed by atoms with E-state index in [0.717, 1.165) is 38.1 Å². The molecule has 0 aliphatic carbocycles. The van der Waals surface area contributed by atoms with Crippen molar-refractivity contribution in [1.82, 2.24) is 10.3 Å². The molecule has 0 bridgehead atoms. The number of nitrogens with zero attached hydrogens (tertiary/aromatic N) is 1. The van der Waals surface area contributed by atoms with E-state index in [1.165, 1.54) is 5.56 Å². The summed E-state index contributed by atoms with van der Waals surface area (Å²) in [4.78, 5) is 29.6. The van der Waals surface area contributed by atoms with Crippen LogP contribution in [0.25, 0.3) is 17.0 Å². The van der Waals surface area contributed by atoms with Gasteiger partial charge in [0.1, 0.15) is 5.03 Å². The molecule has 1 aliphatic heterocycles. The molecule has 0 unspecified atom stereocenters. The maximum Gasteiger partial charge on any atom is 0.290 e. The number of nitrogens with one attached hydrogen (secondary N) is 1. The Hall–Kier alpha value is -2.57. The summed E-state index contributed by atoms with van der Waals surface area (Å²) in [7, 11) is 0. The number of carbonyl (C=O) groups excluding carboxylic acids is 2. The normalized spacial score (nSPS) is 15.7. The summed E-state index contributed by atoms with van der Waals surface area (Å²) in [5, 5.41) is 3.73. The number of aromatic nitrogens is 1. The van der Waals surface area contributed by atoms with E-state index in [9.17, 15) is 9.59 Å². The van der Waals surface area contributed by atoms with Crippen molar-refractivity contribution in [3.63, 3.8) is 0 Å². The quantitative estimate of drug-likeness (QED) is 0.649. The van der Waals surface area contributed by atoms with Crippen molar-refractivity contribution in [3.8, 4) is 0 Å². The molecule has 6 heteroatoms. The van der Waals surface area contributed by atoms with E-state index in [1.807, 2.05) is 49.4 Å². The zero-order valence-corrected chi connectivity index (χ0v) is 15.5. The Labute approximate surface area is 159 Å². The number of para-hydroxylation sites is 1. The molecular weight excluding hydrogens is 364 g/mol. The highest BCUT2D eigenvalue weighted by atomic mass is 32.2. The first-order chi connectivity index (χ1) is 12.6. The Morgan fingerprint density at radius 2 is 1.85 bits per heavy atom. The minimum Gasteiger partial charge on any atom is -0.282 e. The lowest BCUT2D eigenvalue weighted by atomic mass is 10.1. The van der Waals surface area contributed by atoms with Crippen LogP contribution in [0.5, 0.6) is 0 Å². The lowest BCUT2D eigenvalue weighted by Gasteiger charge is -2.08. The summed E-state index contributed by atoms with van der Waals surface area (Å²) < 4.78 is 0. The number of fused-ring (bicyclic) bond motifs is 1. The van der Waals surface area contributed by atoms with Crippen molar-refractivity contribution in [3.05, 3.63) is 70.6 Å². The SMILES string of the molecule is Cc1ccc(Sc2nc3ccccc3cc2/C=C2/SC(=O)NC2=O)cc1. The third-order valence-corrected chi connectivity index (χ3v) is 5.72. The van der Waals surface area contributed by atoms with Gasteiger partial charge in [0, 0.05) is 15.8 Å². The molecule has 0 radical (unpaired) electrons. The molecule has 4 rings (SSSR count). The predicted molar refractivity (Wildman–Crippen MR) is 106 cm³/mol. The second-order valence-electron chi connectivity index (χ2n) is 5.84. The molecule has 128 valence electrons. The van der Waals surface area contributed by atoms with Crippen molar-refractivity contribution < 1.29 is 9.59 Å². The molecule has 2 amide bonds. The molecule has 2 aromatic carbocycles. The van der Waals surface area contributed by atoms with E-state index in [2.05, 4.69) is 17.4 Å². The molecule has 1 saturated heterocycles. The number of rotatable bonds is 3. The fraction of sp³-hybridized carbons (Fsp3) is 0.0500. The summed E-state index contributed by atoms with van der Waals surface area (Å²) in [6.07, 6.45) is 1.74. The first kappa shape index (κ1) is 16.9. The number of thioether (sulfide) groups is 1. The maximum absolute atomic E-state index is 11.9. The highest BCUT2D eigenvalue weighted by molar-refractivity contribution is 8.18. The average molecular weight is 378 g/mol. The van der Waals surface area contributed by atoms with Crippen LogP contribution in [0, 0.1) is 6.92 Å². The van der Waals surface area contributed by atoms with Gasteiger partial charge in [-0.15, -0.1) is 0 Å². The number of imide groups is 1. The van der Waals surface area contributed by atoms with Crippen molar-refractivity contribution >= 4 is 51.6 Å². The van der Waals surface area contributed by atoms with E-state index >= 15 is 0 Å². The molecule has 0 spiro atoms. The zero-order chi connectivity index (χ0) is 18.1. The van der Waals surface area contributed by atoms with Crippen LogP contribution < -0.4 is 5.32 Å². The first-order valence-electron chi connectivity index (χ1n) is 7.98. The van der Waals surface area contributed by atoms with E-state index < -0.39 is 0 Å². The highest BCUT2D eigenvalue weighted by Gasteiger charge is 2.25. The van der Waals surface area contributed by atoms with Gasteiger partial charge in [0.2, 0.25) is 0 Å². The van der Waals surface area contributed by atoms with E-state index in [1.54, 1.807) is 17.8 Å². The zero-order valence-electron chi connectivity index (χ0n) is 13.9. The van der Waals surface area contributed by atoms with Crippen LogP contribution in [0.2, 0.25) is 0 Å². The molecule has 0 atom stereocenters. The summed E-state index contributed by atoms with van der Waals surface area (Å²) in [6, 6.07) is 18.1. The Morgan fingerprint density at radius 1 is 1.08 bits per heavy atom. The summed E-state index contributed by atoms with van der Waals surface area (Å²) in [5.74, 6) is -0.362. The second kappa shape index (κ2) is 6.97. The number of hydrogen-bond acceptors (Lipinski definition) is 5. The number of hydrogen-bond donors (Lipinski definition) is 1. The van der Waals surface area contributed by atoms with Crippen molar-refractivity contribution in [1.29, 1.82) is 0 Å². The number of benzene rings is 2. The van der Waals surface area contributed by atoms with Crippen LogP contribution in [0.1, 0.15) is 11.1 Å². The summed E-state index contributed by atoms with van der Waals surface area (Å²) in [5.41, 5.74) is 2.91. The number of aryl methyl sites for hydroxylation is 1. The number of carbonyl (C=O) groups is 2. The topological polar surface area (TPSA) is 59.1 Å².